The molecule has 0 fully saturated rings. The molecule has 0 saturated carbocycles. The van der Waals surface area contributed by atoms with Gasteiger partial charge in [0, 0.05) is 13.0 Å². The van der Waals surface area contributed by atoms with Crippen LogP contribution in [0.1, 0.15) is 181 Å². The topological polar surface area (TPSA) is 91.3 Å². The first kappa shape index (κ1) is 58.7. The van der Waals surface area contributed by atoms with Gasteiger partial charge >= 0.3 is 13.8 Å². The Morgan fingerprint density at radius 2 is 0.902 bits per heavy atom. The van der Waals surface area contributed by atoms with E-state index in [2.05, 4.69) is 98.9 Å². The first-order valence-corrected chi connectivity index (χ1v) is 25.8. The smallest absolute Gasteiger partial charge is 0.457 e. The molecule has 8 nitrogen and oxygen atoms in total. The Labute approximate surface area is 375 Å². The number of quaternary nitrogens is 1. The second-order valence-electron chi connectivity index (χ2n) is 17.1. The van der Waals surface area contributed by atoms with Crippen molar-refractivity contribution < 1.29 is 37.3 Å². The van der Waals surface area contributed by atoms with Crippen molar-refractivity contribution in [1.29, 1.82) is 0 Å². The van der Waals surface area contributed by atoms with Crippen LogP contribution < -0.4 is 0 Å². The first-order valence-electron chi connectivity index (χ1n) is 24.3. The summed E-state index contributed by atoms with van der Waals surface area (Å²) in [7, 11) is 1.64. The third-order valence-corrected chi connectivity index (χ3v) is 10.9. The zero-order chi connectivity index (χ0) is 44.8. The number of allylic oxidation sites excluding steroid dienone is 14. The number of esters is 1. The summed E-state index contributed by atoms with van der Waals surface area (Å²) >= 11 is 0. The molecule has 0 aromatic rings. The highest BCUT2D eigenvalue weighted by Gasteiger charge is 2.26. The van der Waals surface area contributed by atoms with Crippen LogP contribution in [0.15, 0.2) is 85.1 Å². The molecule has 352 valence electrons. The lowest BCUT2D eigenvalue weighted by Gasteiger charge is -2.24. The lowest BCUT2D eigenvalue weighted by Crippen LogP contribution is -2.37. The van der Waals surface area contributed by atoms with E-state index >= 15 is 0 Å². The molecule has 0 aliphatic carbocycles. The van der Waals surface area contributed by atoms with E-state index in [1.165, 1.54) is 77.0 Å². The molecular weight excluding hydrogens is 782 g/mol. The standard InChI is InChI=1S/C52H92NO7P/c1-6-8-10-12-14-16-18-20-22-24-25-26-27-28-30-32-34-36-38-40-42-44-47-57-49-51(50-59-61(55,56)58-48-46-53(3,4)5)60-52(54)45-43-41-39-37-35-33-31-29-23-21-19-17-15-13-11-9-7-2/h8-11,14-17,20-23,25-26,51H,6-7,12-13,18-19,24,27-50H2,1-5H3/p+1/b10-8-,11-9-,16-14-,17-15-,22-20-,23-21-,26-25-. The molecule has 61 heavy (non-hydrogen) atoms. The normalized spacial score (nSPS) is 14.4. The maximum absolute atomic E-state index is 12.7. The number of ether oxygens (including phenoxy) is 2. The van der Waals surface area contributed by atoms with Gasteiger partial charge in [0.1, 0.15) is 19.3 Å². The van der Waals surface area contributed by atoms with E-state index in [9.17, 15) is 14.3 Å². The number of unbranched alkanes of at least 4 members (excludes halogenated alkanes) is 16. The second kappa shape index (κ2) is 44.3. The van der Waals surface area contributed by atoms with Gasteiger partial charge in [-0.2, -0.15) is 0 Å². The third-order valence-electron chi connectivity index (χ3n) is 9.95. The van der Waals surface area contributed by atoms with E-state index in [1.807, 2.05) is 21.1 Å². The Kier molecular flexibility index (Phi) is 42.6. The van der Waals surface area contributed by atoms with Gasteiger partial charge in [-0.15, -0.1) is 0 Å². The van der Waals surface area contributed by atoms with Crippen molar-refractivity contribution in [3.8, 4) is 0 Å². The molecule has 0 rings (SSSR count). The molecule has 0 heterocycles. The van der Waals surface area contributed by atoms with Gasteiger partial charge in [-0.25, -0.2) is 4.57 Å². The first-order chi connectivity index (χ1) is 29.6. The number of carbonyl (C=O) groups is 1. The molecule has 0 radical (unpaired) electrons. The second-order valence-corrected chi connectivity index (χ2v) is 18.5. The Morgan fingerprint density at radius 1 is 0.508 bits per heavy atom. The van der Waals surface area contributed by atoms with Crippen LogP contribution in [-0.4, -0.2) is 75.6 Å². The molecule has 0 aromatic carbocycles. The number of phosphoric acid groups is 1. The summed E-state index contributed by atoms with van der Waals surface area (Å²) in [5.41, 5.74) is 0. The predicted octanol–water partition coefficient (Wildman–Crippen LogP) is 14.8. The Hall–Kier alpha value is -2.32. The maximum Gasteiger partial charge on any atom is 0.472 e. The van der Waals surface area contributed by atoms with Crippen molar-refractivity contribution in [1.82, 2.24) is 0 Å². The van der Waals surface area contributed by atoms with Gasteiger partial charge in [0.25, 0.3) is 0 Å². The van der Waals surface area contributed by atoms with E-state index < -0.39 is 13.9 Å². The minimum absolute atomic E-state index is 0.0808. The summed E-state index contributed by atoms with van der Waals surface area (Å²) in [6.45, 7) is 5.36. The van der Waals surface area contributed by atoms with Crippen LogP contribution in [0, 0.1) is 0 Å². The van der Waals surface area contributed by atoms with Crippen molar-refractivity contribution in [2.75, 3.05) is 54.1 Å². The van der Waals surface area contributed by atoms with Gasteiger partial charge in [0.15, 0.2) is 0 Å². The molecule has 0 amide bonds. The van der Waals surface area contributed by atoms with Crippen molar-refractivity contribution in [3.63, 3.8) is 0 Å². The zero-order valence-electron chi connectivity index (χ0n) is 39.9. The highest BCUT2D eigenvalue weighted by Crippen LogP contribution is 2.43. The number of carbonyl (C=O) groups excluding carboxylic acids is 1. The van der Waals surface area contributed by atoms with Crippen LogP contribution in [0.2, 0.25) is 0 Å². The largest absolute Gasteiger partial charge is 0.472 e. The average Bonchev–Trinajstić information content (AvgIpc) is 3.22. The van der Waals surface area contributed by atoms with Gasteiger partial charge in [0.05, 0.1) is 34.4 Å². The number of nitrogens with zero attached hydrogens (tertiary/aromatic N) is 1. The van der Waals surface area contributed by atoms with Gasteiger partial charge in [0.2, 0.25) is 0 Å². The average molecular weight is 875 g/mol. The summed E-state index contributed by atoms with van der Waals surface area (Å²) in [5, 5.41) is 0. The summed E-state index contributed by atoms with van der Waals surface area (Å²) in [6.07, 6.45) is 59.1. The molecule has 0 aromatic heterocycles. The van der Waals surface area contributed by atoms with E-state index in [-0.39, 0.29) is 25.8 Å². The molecule has 0 aliphatic rings. The van der Waals surface area contributed by atoms with Gasteiger partial charge in [-0.05, 0) is 83.5 Å². The highest BCUT2D eigenvalue weighted by molar-refractivity contribution is 7.47. The Balaban J connectivity index is 4.20. The van der Waals surface area contributed by atoms with Crippen molar-refractivity contribution >= 4 is 13.8 Å². The van der Waals surface area contributed by atoms with Crippen molar-refractivity contribution in [2.24, 2.45) is 0 Å². The fraction of sp³-hybridized carbons (Fsp3) is 0.712. The summed E-state index contributed by atoms with van der Waals surface area (Å²) < 4.78 is 35.1. The lowest BCUT2D eigenvalue weighted by molar-refractivity contribution is -0.870. The van der Waals surface area contributed by atoms with Crippen LogP contribution in [0.3, 0.4) is 0 Å². The SMILES string of the molecule is CC/C=C\C/C=C\C/C=C\C/C=C\CCCCCCCCCCCOCC(COP(=O)(O)OCC[N+](C)(C)C)OC(=O)CCCCCCCCC/C=C\C/C=C\C/C=C\CC. The molecule has 0 bridgehead atoms. The van der Waals surface area contributed by atoms with E-state index in [0.29, 0.717) is 24.1 Å². The van der Waals surface area contributed by atoms with Crippen molar-refractivity contribution in [2.45, 2.75) is 187 Å². The molecule has 0 spiro atoms. The fourth-order valence-electron chi connectivity index (χ4n) is 6.26. The van der Waals surface area contributed by atoms with Gasteiger partial charge in [-0.3, -0.25) is 13.8 Å². The minimum atomic E-state index is -4.29. The monoisotopic (exact) mass is 875 g/mol. The van der Waals surface area contributed by atoms with Crippen LogP contribution in [0.4, 0.5) is 0 Å². The quantitative estimate of drug-likeness (QED) is 0.0214. The van der Waals surface area contributed by atoms with Crippen LogP contribution in [-0.2, 0) is 27.9 Å². The van der Waals surface area contributed by atoms with Gasteiger partial charge in [-0.1, -0.05) is 176 Å². The molecule has 0 saturated heterocycles. The van der Waals surface area contributed by atoms with Crippen LogP contribution in [0.25, 0.3) is 0 Å². The summed E-state index contributed by atoms with van der Waals surface area (Å²) in [6, 6.07) is 0. The third kappa shape index (κ3) is 48.6. The van der Waals surface area contributed by atoms with E-state index in [0.717, 1.165) is 83.5 Å². The molecule has 9 heteroatoms. The maximum atomic E-state index is 12.7. The molecule has 0 aliphatic heterocycles. The Bertz CT molecular complexity index is 1250. The van der Waals surface area contributed by atoms with E-state index in [4.69, 9.17) is 18.5 Å². The minimum Gasteiger partial charge on any atom is -0.457 e. The van der Waals surface area contributed by atoms with Crippen LogP contribution in [0.5, 0.6) is 0 Å². The number of phosphoric ester groups is 1. The van der Waals surface area contributed by atoms with Crippen molar-refractivity contribution in [3.05, 3.63) is 85.1 Å². The van der Waals surface area contributed by atoms with Gasteiger partial charge < -0.3 is 18.9 Å². The molecular formula is C52H93NO7P+. The molecule has 2 atom stereocenters. The number of rotatable bonds is 44. The Morgan fingerprint density at radius 3 is 1.34 bits per heavy atom. The van der Waals surface area contributed by atoms with E-state index in [1.54, 1.807) is 0 Å². The summed E-state index contributed by atoms with van der Waals surface area (Å²) in [4.78, 5) is 23.0. The fourth-order valence-corrected chi connectivity index (χ4v) is 7.01. The highest BCUT2D eigenvalue weighted by atomic mass is 31.2. The molecule has 1 N–H and O–H groups in total. The number of likely N-dealkylation sites (N-methyl/N-ethyl adjacent to an activating group) is 1. The predicted molar refractivity (Wildman–Crippen MR) is 261 cm³/mol. The summed E-state index contributed by atoms with van der Waals surface area (Å²) in [5.74, 6) is -0.329. The zero-order valence-corrected chi connectivity index (χ0v) is 40.8. The number of hydrogen-bond donors (Lipinski definition) is 1. The lowest BCUT2D eigenvalue weighted by atomic mass is 10.1. The molecule has 2 unspecified atom stereocenters. The van der Waals surface area contributed by atoms with Crippen LogP contribution >= 0.6 is 7.82 Å². The number of hydrogen-bond acceptors (Lipinski definition) is 6.